The van der Waals surface area contributed by atoms with Crippen LogP contribution in [0.2, 0.25) is 0 Å². The third-order valence-electron chi connectivity index (χ3n) is 7.10. The van der Waals surface area contributed by atoms with E-state index < -0.39 is 0 Å². The summed E-state index contributed by atoms with van der Waals surface area (Å²) < 4.78 is 1.76. The molecule has 0 saturated carbocycles. The number of thiazole rings is 1. The van der Waals surface area contributed by atoms with Crippen molar-refractivity contribution in [3.63, 3.8) is 0 Å². The van der Waals surface area contributed by atoms with Gasteiger partial charge < -0.3 is 9.88 Å². The van der Waals surface area contributed by atoms with Crippen LogP contribution in [0.15, 0.2) is 72.5 Å². The lowest BCUT2D eigenvalue weighted by molar-refractivity contribution is 0.101. The van der Waals surface area contributed by atoms with Crippen LogP contribution in [0.1, 0.15) is 50.2 Å². The predicted octanol–water partition coefficient (Wildman–Crippen LogP) is 4.32. The Morgan fingerprint density at radius 2 is 1.82 bits per heavy atom. The zero-order valence-electron chi connectivity index (χ0n) is 21.2. The summed E-state index contributed by atoms with van der Waals surface area (Å²) in [5.74, 6) is 1.75. The highest BCUT2D eigenvalue weighted by Crippen LogP contribution is 2.32. The second-order valence-corrected chi connectivity index (χ2v) is 10.5. The Balaban J connectivity index is 1.01. The molecule has 0 bridgehead atoms. The number of anilines is 2. The summed E-state index contributed by atoms with van der Waals surface area (Å²) in [7, 11) is 0. The van der Waals surface area contributed by atoms with Crippen LogP contribution in [0.3, 0.4) is 0 Å². The molecule has 0 atom stereocenters. The molecule has 1 aliphatic heterocycles. The number of fused-ring (bicyclic) bond motifs is 2. The van der Waals surface area contributed by atoms with E-state index in [1.54, 1.807) is 46.4 Å². The van der Waals surface area contributed by atoms with Gasteiger partial charge in [-0.15, -0.1) is 11.3 Å². The SMILES string of the molecule is O=C(c1ccccc1)c1ccc2nc(NC(=O)c3csc(C4CCN(c5ccnc6ncnn56)CC4)n3)[nH]c2c1. The average molecular weight is 550 g/mol. The van der Waals surface area contributed by atoms with E-state index in [9.17, 15) is 9.59 Å². The van der Waals surface area contributed by atoms with E-state index in [2.05, 4.69) is 40.2 Å². The van der Waals surface area contributed by atoms with E-state index >= 15 is 0 Å². The van der Waals surface area contributed by atoms with E-state index in [4.69, 9.17) is 0 Å². The number of carbonyl (C=O) groups is 2. The molecule has 5 heterocycles. The van der Waals surface area contributed by atoms with Crippen molar-refractivity contribution in [2.24, 2.45) is 0 Å². The van der Waals surface area contributed by atoms with Crippen molar-refractivity contribution in [1.82, 2.24) is 34.5 Å². The molecule has 1 amide bonds. The highest BCUT2D eigenvalue weighted by molar-refractivity contribution is 7.10. The van der Waals surface area contributed by atoms with Gasteiger partial charge in [-0.1, -0.05) is 30.3 Å². The van der Waals surface area contributed by atoms with Crippen molar-refractivity contribution >= 4 is 51.6 Å². The lowest BCUT2D eigenvalue weighted by Gasteiger charge is -2.32. The van der Waals surface area contributed by atoms with Crippen LogP contribution in [-0.4, -0.2) is 59.3 Å². The van der Waals surface area contributed by atoms with Crippen molar-refractivity contribution in [3.8, 4) is 0 Å². The largest absolute Gasteiger partial charge is 0.356 e. The monoisotopic (exact) mass is 549 g/mol. The number of nitrogens with one attached hydrogen (secondary N) is 2. The van der Waals surface area contributed by atoms with Gasteiger partial charge in [-0.25, -0.2) is 15.0 Å². The Hall–Kier alpha value is -4.97. The minimum atomic E-state index is -0.329. The summed E-state index contributed by atoms with van der Waals surface area (Å²) in [5, 5.41) is 9.85. The van der Waals surface area contributed by atoms with Gasteiger partial charge >= 0.3 is 0 Å². The van der Waals surface area contributed by atoms with E-state index in [0.717, 1.165) is 36.8 Å². The molecule has 198 valence electrons. The lowest BCUT2D eigenvalue weighted by Crippen LogP contribution is -2.34. The molecule has 0 aliphatic carbocycles. The highest BCUT2D eigenvalue weighted by atomic mass is 32.1. The van der Waals surface area contributed by atoms with Gasteiger partial charge in [0.1, 0.15) is 17.8 Å². The molecule has 0 spiro atoms. The maximum Gasteiger partial charge on any atom is 0.277 e. The first-order chi connectivity index (χ1) is 19.6. The molecular formula is C28H23N9O2S. The Morgan fingerprint density at radius 3 is 2.67 bits per heavy atom. The molecule has 6 aromatic rings. The Kier molecular flexibility index (Phi) is 6.00. The van der Waals surface area contributed by atoms with Crippen molar-refractivity contribution in [2.75, 3.05) is 23.3 Å². The third-order valence-corrected chi connectivity index (χ3v) is 8.10. The van der Waals surface area contributed by atoms with E-state index in [-0.39, 0.29) is 17.6 Å². The fourth-order valence-electron chi connectivity index (χ4n) is 5.04. The molecule has 11 nitrogen and oxygen atoms in total. The molecule has 1 saturated heterocycles. The number of hydrogen-bond acceptors (Lipinski definition) is 9. The summed E-state index contributed by atoms with van der Waals surface area (Å²) in [6.07, 6.45) is 5.10. The molecule has 40 heavy (non-hydrogen) atoms. The summed E-state index contributed by atoms with van der Waals surface area (Å²) >= 11 is 1.51. The molecule has 4 aromatic heterocycles. The molecule has 12 heteroatoms. The summed E-state index contributed by atoms with van der Waals surface area (Å²) in [5.41, 5.74) is 2.85. The van der Waals surface area contributed by atoms with Gasteiger partial charge in [-0.05, 0) is 37.1 Å². The van der Waals surface area contributed by atoms with Gasteiger partial charge in [-0.3, -0.25) is 14.9 Å². The number of H-pyrrole nitrogens is 1. The Morgan fingerprint density at radius 1 is 0.975 bits per heavy atom. The molecule has 7 rings (SSSR count). The number of carbonyl (C=O) groups excluding carboxylic acids is 2. The first-order valence-electron chi connectivity index (χ1n) is 12.9. The molecule has 1 fully saturated rings. The lowest BCUT2D eigenvalue weighted by atomic mass is 9.97. The van der Waals surface area contributed by atoms with Gasteiger partial charge in [0.05, 0.1) is 16.0 Å². The van der Waals surface area contributed by atoms with Crippen LogP contribution in [0.4, 0.5) is 11.8 Å². The predicted molar refractivity (Wildman–Crippen MR) is 151 cm³/mol. The number of hydrogen-bond donors (Lipinski definition) is 2. The molecule has 2 aromatic carbocycles. The zero-order valence-corrected chi connectivity index (χ0v) is 22.0. The van der Waals surface area contributed by atoms with Crippen LogP contribution in [0.25, 0.3) is 16.8 Å². The van der Waals surface area contributed by atoms with Crippen molar-refractivity contribution in [2.45, 2.75) is 18.8 Å². The second-order valence-electron chi connectivity index (χ2n) is 9.57. The highest BCUT2D eigenvalue weighted by Gasteiger charge is 2.26. The summed E-state index contributed by atoms with van der Waals surface area (Å²) in [4.78, 5) is 48.7. The maximum absolute atomic E-state index is 13.0. The van der Waals surface area contributed by atoms with Crippen molar-refractivity contribution in [1.29, 1.82) is 0 Å². The summed E-state index contributed by atoms with van der Waals surface area (Å²) in [6.45, 7) is 1.69. The smallest absolute Gasteiger partial charge is 0.277 e. The quantitative estimate of drug-likeness (QED) is 0.293. The van der Waals surface area contributed by atoms with Gasteiger partial charge in [-0.2, -0.15) is 14.6 Å². The minimum Gasteiger partial charge on any atom is -0.356 e. The van der Waals surface area contributed by atoms with Gasteiger partial charge in [0, 0.05) is 41.7 Å². The fourth-order valence-corrected chi connectivity index (χ4v) is 6.01. The van der Waals surface area contributed by atoms with Crippen LogP contribution >= 0.6 is 11.3 Å². The third kappa shape index (κ3) is 4.47. The number of amides is 1. The second kappa shape index (κ2) is 9.97. The Labute approximate surface area is 232 Å². The zero-order chi connectivity index (χ0) is 27.1. The van der Waals surface area contributed by atoms with Crippen LogP contribution in [0, 0.1) is 0 Å². The number of nitrogens with zero attached hydrogens (tertiary/aromatic N) is 7. The molecule has 2 N–H and O–H groups in total. The van der Waals surface area contributed by atoms with Crippen LogP contribution < -0.4 is 10.2 Å². The normalized spacial score (nSPS) is 14.2. The van der Waals surface area contributed by atoms with Gasteiger partial charge in [0.2, 0.25) is 5.95 Å². The average Bonchev–Trinajstić information content (AvgIpc) is 3.76. The van der Waals surface area contributed by atoms with Crippen LogP contribution in [-0.2, 0) is 0 Å². The van der Waals surface area contributed by atoms with Crippen LogP contribution in [0.5, 0.6) is 0 Å². The molecule has 0 unspecified atom stereocenters. The topological polar surface area (TPSA) is 134 Å². The maximum atomic E-state index is 13.0. The number of aromatic amines is 1. The standard InChI is InChI=1S/C28H23N9O2S/c38-24(17-4-2-1-3-5-17)19-6-7-20-21(14-19)34-27(33-20)35-25(39)22-15-40-26(32-22)18-9-12-36(13-10-18)23-8-11-29-28-30-16-31-37(23)28/h1-8,11,14-16,18H,9-10,12-13H2,(H2,33,34,35,39). The number of benzene rings is 2. The fraction of sp³-hybridized carbons (Fsp3) is 0.179. The van der Waals surface area contributed by atoms with Crippen molar-refractivity contribution in [3.05, 3.63) is 94.3 Å². The molecule has 1 aliphatic rings. The number of imidazole rings is 1. The number of piperidine rings is 1. The summed E-state index contributed by atoms with van der Waals surface area (Å²) in [6, 6.07) is 16.3. The first-order valence-corrected chi connectivity index (χ1v) is 13.8. The molecule has 0 radical (unpaired) electrons. The minimum absolute atomic E-state index is 0.0732. The van der Waals surface area contributed by atoms with Gasteiger partial charge in [0.25, 0.3) is 11.7 Å². The van der Waals surface area contributed by atoms with Crippen molar-refractivity contribution < 1.29 is 9.59 Å². The number of ketones is 1. The van der Waals surface area contributed by atoms with Gasteiger partial charge in [0.15, 0.2) is 5.78 Å². The van der Waals surface area contributed by atoms with E-state index in [0.29, 0.717) is 39.6 Å². The first kappa shape index (κ1) is 24.1. The molecular weight excluding hydrogens is 526 g/mol. The number of rotatable bonds is 6. The Bertz CT molecular complexity index is 1850. The van der Waals surface area contributed by atoms with E-state index in [1.165, 1.54) is 17.7 Å². The van der Waals surface area contributed by atoms with E-state index in [1.807, 2.05) is 24.3 Å². The number of aromatic nitrogens is 7.